The number of carbonyl (C=O) groups excluding carboxylic acids is 1. The first-order valence-corrected chi connectivity index (χ1v) is 7.96. The molecule has 1 aromatic rings. The third-order valence-corrected chi connectivity index (χ3v) is 4.48. The highest BCUT2D eigenvalue weighted by Crippen LogP contribution is 2.28. The molecule has 1 aliphatic carbocycles. The van der Waals surface area contributed by atoms with E-state index >= 15 is 0 Å². The lowest BCUT2D eigenvalue weighted by molar-refractivity contribution is -0.131. The van der Waals surface area contributed by atoms with E-state index < -0.39 is 0 Å². The van der Waals surface area contributed by atoms with E-state index in [2.05, 4.69) is 5.32 Å². The Labute approximate surface area is 137 Å². The van der Waals surface area contributed by atoms with Crippen LogP contribution in [0.1, 0.15) is 31.2 Å². The molecule has 0 spiro atoms. The van der Waals surface area contributed by atoms with Crippen molar-refractivity contribution in [1.29, 1.82) is 0 Å². The number of likely N-dealkylation sites (tertiary alicyclic amines) is 1. The summed E-state index contributed by atoms with van der Waals surface area (Å²) >= 11 is 0. The van der Waals surface area contributed by atoms with Gasteiger partial charge in [0.2, 0.25) is 5.91 Å². The summed E-state index contributed by atoms with van der Waals surface area (Å²) in [5, 5.41) is 3.61. The zero-order valence-electron chi connectivity index (χ0n) is 12.8. The van der Waals surface area contributed by atoms with Crippen LogP contribution in [-0.2, 0) is 11.2 Å². The molecule has 122 valence electrons. The van der Waals surface area contributed by atoms with Crippen molar-refractivity contribution < 1.29 is 9.18 Å². The van der Waals surface area contributed by atoms with Crippen LogP contribution < -0.4 is 5.32 Å². The van der Waals surface area contributed by atoms with Gasteiger partial charge in [-0.15, -0.1) is 12.4 Å². The van der Waals surface area contributed by atoms with Crippen molar-refractivity contribution >= 4 is 18.3 Å². The summed E-state index contributed by atoms with van der Waals surface area (Å²) in [6.45, 7) is 2.77. The van der Waals surface area contributed by atoms with E-state index in [-0.39, 0.29) is 24.1 Å². The Morgan fingerprint density at radius 3 is 2.59 bits per heavy atom. The largest absolute Gasteiger partial charge is 0.342 e. The zero-order chi connectivity index (χ0) is 14.7. The van der Waals surface area contributed by atoms with Gasteiger partial charge in [-0.25, -0.2) is 4.39 Å². The van der Waals surface area contributed by atoms with E-state index in [1.165, 1.54) is 25.0 Å². The molecule has 1 saturated carbocycles. The molecule has 0 aromatic heterocycles. The Morgan fingerprint density at radius 2 is 1.95 bits per heavy atom. The summed E-state index contributed by atoms with van der Waals surface area (Å²) in [6.07, 6.45) is 5.11. The van der Waals surface area contributed by atoms with Crippen molar-refractivity contribution in [2.24, 2.45) is 5.92 Å². The number of nitrogens with one attached hydrogen (secondary N) is 1. The van der Waals surface area contributed by atoms with Crippen LogP contribution in [0.3, 0.4) is 0 Å². The number of halogens is 2. The van der Waals surface area contributed by atoms with E-state index in [0.717, 1.165) is 44.0 Å². The number of piperidine rings is 1. The molecule has 1 saturated heterocycles. The molecule has 5 heteroatoms. The van der Waals surface area contributed by atoms with Crippen molar-refractivity contribution in [2.75, 3.05) is 19.6 Å². The second-order valence-electron chi connectivity index (χ2n) is 6.31. The van der Waals surface area contributed by atoms with Gasteiger partial charge in [0.05, 0.1) is 6.42 Å². The summed E-state index contributed by atoms with van der Waals surface area (Å²) in [5.74, 6) is 0.738. The van der Waals surface area contributed by atoms with E-state index in [4.69, 9.17) is 0 Å². The Balaban J connectivity index is 0.00000176. The fourth-order valence-electron chi connectivity index (χ4n) is 2.92. The molecule has 1 N–H and O–H groups in total. The van der Waals surface area contributed by atoms with Gasteiger partial charge < -0.3 is 10.2 Å². The quantitative estimate of drug-likeness (QED) is 0.902. The average Bonchev–Trinajstić information content (AvgIpc) is 3.30. The summed E-state index contributed by atoms with van der Waals surface area (Å²) < 4.78 is 13.1. The second kappa shape index (κ2) is 7.93. The van der Waals surface area contributed by atoms with Crippen molar-refractivity contribution in [3.05, 3.63) is 35.6 Å². The normalized spacial score (nSPS) is 18.9. The fourth-order valence-corrected chi connectivity index (χ4v) is 2.92. The van der Waals surface area contributed by atoms with Gasteiger partial charge in [0.1, 0.15) is 5.82 Å². The maximum absolute atomic E-state index is 13.1. The first-order valence-electron chi connectivity index (χ1n) is 7.96. The highest BCUT2D eigenvalue weighted by molar-refractivity contribution is 5.85. The highest BCUT2D eigenvalue weighted by atomic mass is 35.5. The van der Waals surface area contributed by atoms with Crippen LogP contribution >= 0.6 is 12.4 Å². The maximum Gasteiger partial charge on any atom is 0.226 e. The van der Waals surface area contributed by atoms with Crippen LogP contribution in [0.4, 0.5) is 4.39 Å². The summed E-state index contributed by atoms with van der Waals surface area (Å²) in [5.41, 5.74) is 0.758. The number of hydrogen-bond acceptors (Lipinski definition) is 2. The van der Waals surface area contributed by atoms with E-state index in [1.54, 1.807) is 6.07 Å². The second-order valence-corrected chi connectivity index (χ2v) is 6.31. The van der Waals surface area contributed by atoms with Gasteiger partial charge in [-0.05, 0) is 55.8 Å². The lowest BCUT2D eigenvalue weighted by atomic mass is 10.0. The number of nitrogens with zero attached hydrogens (tertiary/aromatic N) is 1. The molecule has 0 atom stereocenters. The van der Waals surface area contributed by atoms with Crippen LogP contribution in [0.25, 0.3) is 0 Å². The molecule has 3 rings (SSSR count). The van der Waals surface area contributed by atoms with Gasteiger partial charge in [0.15, 0.2) is 0 Å². The topological polar surface area (TPSA) is 32.3 Å². The smallest absolute Gasteiger partial charge is 0.226 e. The first-order chi connectivity index (χ1) is 10.2. The van der Waals surface area contributed by atoms with Gasteiger partial charge in [-0.2, -0.15) is 0 Å². The number of carbonyl (C=O) groups is 1. The molecule has 0 radical (unpaired) electrons. The van der Waals surface area contributed by atoms with Crippen molar-refractivity contribution in [3.8, 4) is 0 Å². The molecule has 22 heavy (non-hydrogen) atoms. The third-order valence-electron chi connectivity index (χ3n) is 4.48. The number of hydrogen-bond donors (Lipinski definition) is 1. The molecule has 2 fully saturated rings. The van der Waals surface area contributed by atoms with Gasteiger partial charge in [-0.1, -0.05) is 12.1 Å². The predicted octanol–water partition coefficient (Wildman–Crippen LogP) is 2.78. The zero-order valence-corrected chi connectivity index (χ0v) is 13.6. The fraction of sp³-hybridized carbons (Fsp3) is 0.588. The van der Waals surface area contributed by atoms with Gasteiger partial charge in [0, 0.05) is 19.1 Å². The molecule has 1 aliphatic heterocycles. The first kappa shape index (κ1) is 17.2. The number of rotatable bonds is 5. The molecular formula is C17H24ClFN2O. The molecule has 0 unspecified atom stereocenters. The minimum Gasteiger partial charge on any atom is -0.342 e. The lowest BCUT2D eigenvalue weighted by Gasteiger charge is -2.32. The van der Waals surface area contributed by atoms with E-state index in [9.17, 15) is 9.18 Å². The van der Waals surface area contributed by atoms with Crippen molar-refractivity contribution in [3.63, 3.8) is 0 Å². The standard InChI is InChI=1S/C17H23FN2O.ClH/c18-15-3-1-2-14(10-15)11-17(21)20-8-6-16(7-9-20)19-12-13-4-5-13;/h1-3,10,13,16,19H,4-9,11-12H2;1H. The molecule has 3 nitrogen and oxygen atoms in total. The summed E-state index contributed by atoms with van der Waals surface area (Å²) in [7, 11) is 0. The van der Waals surface area contributed by atoms with Crippen LogP contribution in [0, 0.1) is 11.7 Å². The molecule has 1 heterocycles. The minimum atomic E-state index is -0.275. The monoisotopic (exact) mass is 326 g/mol. The Kier molecular flexibility index (Phi) is 6.21. The van der Waals surface area contributed by atoms with Crippen LogP contribution in [0.2, 0.25) is 0 Å². The maximum atomic E-state index is 13.1. The minimum absolute atomic E-state index is 0. The van der Waals surface area contributed by atoms with Crippen LogP contribution in [0.5, 0.6) is 0 Å². The van der Waals surface area contributed by atoms with Crippen molar-refractivity contribution in [1.82, 2.24) is 10.2 Å². The van der Waals surface area contributed by atoms with Crippen LogP contribution in [-0.4, -0.2) is 36.5 Å². The number of amides is 1. The van der Waals surface area contributed by atoms with E-state index in [0.29, 0.717) is 12.5 Å². The molecule has 0 bridgehead atoms. The average molecular weight is 327 g/mol. The predicted molar refractivity (Wildman–Crippen MR) is 87.7 cm³/mol. The molecular weight excluding hydrogens is 303 g/mol. The Bertz CT molecular complexity index is 499. The number of benzene rings is 1. The summed E-state index contributed by atoms with van der Waals surface area (Å²) in [4.78, 5) is 14.2. The molecule has 1 amide bonds. The summed E-state index contributed by atoms with van der Waals surface area (Å²) in [6, 6.07) is 6.88. The highest BCUT2D eigenvalue weighted by Gasteiger charge is 2.25. The third kappa shape index (κ3) is 4.96. The molecule has 2 aliphatic rings. The van der Waals surface area contributed by atoms with Crippen LogP contribution in [0.15, 0.2) is 24.3 Å². The SMILES string of the molecule is Cl.O=C(Cc1cccc(F)c1)N1CCC(NCC2CC2)CC1. The van der Waals surface area contributed by atoms with Crippen molar-refractivity contribution in [2.45, 2.75) is 38.1 Å². The van der Waals surface area contributed by atoms with Gasteiger partial charge in [-0.3, -0.25) is 4.79 Å². The lowest BCUT2D eigenvalue weighted by Crippen LogP contribution is -2.45. The van der Waals surface area contributed by atoms with Gasteiger partial charge in [0.25, 0.3) is 0 Å². The van der Waals surface area contributed by atoms with Gasteiger partial charge >= 0.3 is 0 Å². The Morgan fingerprint density at radius 1 is 1.23 bits per heavy atom. The van der Waals surface area contributed by atoms with E-state index in [1.807, 2.05) is 11.0 Å². The Hall–Kier alpha value is -1.13. The molecule has 1 aromatic carbocycles.